The molecular weight excluding hydrogens is 335 g/mol. The summed E-state index contributed by atoms with van der Waals surface area (Å²) in [4.78, 5) is 32.5. The summed E-state index contributed by atoms with van der Waals surface area (Å²) in [6.07, 6.45) is 3.29. The first-order valence-corrected chi connectivity index (χ1v) is 7.83. The van der Waals surface area contributed by atoms with Crippen molar-refractivity contribution in [1.29, 1.82) is 0 Å². The second-order valence-electron chi connectivity index (χ2n) is 5.39. The Kier molecular flexibility index (Phi) is 5.28. The highest BCUT2D eigenvalue weighted by molar-refractivity contribution is 6.03. The van der Waals surface area contributed by atoms with Crippen molar-refractivity contribution in [3.8, 4) is 0 Å². The Labute approximate surface area is 149 Å². The molecule has 7 heteroatoms. The summed E-state index contributed by atoms with van der Waals surface area (Å²) in [7, 11) is 0. The van der Waals surface area contributed by atoms with E-state index in [1.54, 1.807) is 30.6 Å². The van der Waals surface area contributed by atoms with Crippen LogP contribution in [0, 0.1) is 5.82 Å². The molecule has 6 nitrogen and oxygen atoms in total. The lowest BCUT2D eigenvalue weighted by atomic mass is 10.2. The second-order valence-corrected chi connectivity index (χ2v) is 5.39. The van der Waals surface area contributed by atoms with Gasteiger partial charge in [-0.2, -0.15) is 0 Å². The van der Waals surface area contributed by atoms with Crippen molar-refractivity contribution in [2.75, 3.05) is 5.32 Å². The van der Waals surface area contributed by atoms with E-state index >= 15 is 0 Å². The van der Waals surface area contributed by atoms with Gasteiger partial charge in [0.1, 0.15) is 17.2 Å². The van der Waals surface area contributed by atoms with Crippen LogP contribution >= 0.6 is 0 Å². The Morgan fingerprint density at radius 1 is 0.923 bits per heavy atom. The van der Waals surface area contributed by atoms with Crippen molar-refractivity contribution < 1.29 is 14.0 Å². The summed E-state index contributed by atoms with van der Waals surface area (Å²) in [6, 6.07) is 13.9. The molecule has 3 rings (SSSR count). The van der Waals surface area contributed by atoms with Gasteiger partial charge in [0.25, 0.3) is 11.8 Å². The van der Waals surface area contributed by atoms with Crippen molar-refractivity contribution in [2.24, 2.45) is 0 Å². The number of hydrogen-bond acceptors (Lipinski definition) is 4. The smallest absolute Gasteiger partial charge is 0.274 e. The molecule has 130 valence electrons. The number of hydrogen-bond donors (Lipinski definition) is 2. The SMILES string of the molecule is O=C(NCc1cccnc1)c1cccc(C(=O)Nc2ccccc2F)n1. The third kappa shape index (κ3) is 4.27. The van der Waals surface area contributed by atoms with E-state index in [-0.39, 0.29) is 17.1 Å². The van der Waals surface area contributed by atoms with Crippen LogP contribution in [0.2, 0.25) is 0 Å². The molecule has 2 heterocycles. The molecule has 3 aromatic rings. The van der Waals surface area contributed by atoms with Gasteiger partial charge >= 0.3 is 0 Å². The average Bonchev–Trinajstić information content (AvgIpc) is 2.69. The molecule has 2 amide bonds. The van der Waals surface area contributed by atoms with Crippen molar-refractivity contribution >= 4 is 17.5 Å². The molecule has 0 bridgehead atoms. The highest BCUT2D eigenvalue weighted by Crippen LogP contribution is 2.13. The normalized spacial score (nSPS) is 10.2. The zero-order valence-corrected chi connectivity index (χ0v) is 13.6. The first kappa shape index (κ1) is 17.2. The van der Waals surface area contributed by atoms with Crippen molar-refractivity contribution in [2.45, 2.75) is 6.54 Å². The Hall–Kier alpha value is -3.61. The number of carbonyl (C=O) groups excluding carboxylic acids is 2. The van der Waals surface area contributed by atoms with Crippen LogP contribution in [0.15, 0.2) is 67.0 Å². The van der Waals surface area contributed by atoms with Gasteiger partial charge < -0.3 is 10.6 Å². The van der Waals surface area contributed by atoms with Crippen LogP contribution in [0.1, 0.15) is 26.5 Å². The summed E-state index contributed by atoms with van der Waals surface area (Å²) in [5.74, 6) is -1.57. The third-order valence-corrected chi connectivity index (χ3v) is 3.51. The molecule has 0 aliphatic heterocycles. The lowest BCUT2D eigenvalue weighted by molar-refractivity contribution is 0.0945. The Morgan fingerprint density at radius 2 is 1.69 bits per heavy atom. The maximum atomic E-state index is 13.6. The lowest BCUT2D eigenvalue weighted by Crippen LogP contribution is -2.25. The standard InChI is InChI=1S/C19H15FN4O2/c20-14-6-1-2-7-15(14)24-19(26)17-9-3-8-16(23-17)18(25)22-12-13-5-4-10-21-11-13/h1-11H,12H2,(H,22,25)(H,24,26). The highest BCUT2D eigenvalue weighted by atomic mass is 19.1. The number of rotatable bonds is 5. The Morgan fingerprint density at radius 3 is 2.42 bits per heavy atom. The van der Waals surface area contributed by atoms with Crippen LogP contribution in [0.4, 0.5) is 10.1 Å². The van der Waals surface area contributed by atoms with E-state index in [9.17, 15) is 14.0 Å². The number of pyridine rings is 2. The van der Waals surface area contributed by atoms with Crippen molar-refractivity contribution in [3.05, 3.63) is 89.8 Å². The minimum absolute atomic E-state index is 0.0160. The number of benzene rings is 1. The number of carbonyl (C=O) groups is 2. The van der Waals surface area contributed by atoms with Crippen molar-refractivity contribution in [1.82, 2.24) is 15.3 Å². The maximum absolute atomic E-state index is 13.6. The van der Waals surface area contributed by atoms with Crippen LogP contribution in [0.5, 0.6) is 0 Å². The molecule has 26 heavy (non-hydrogen) atoms. The predicted octanol–water partition coefficient (Wildman–Crippen LogP) is 2.80. The van der Waals surface area contributed by atoms with Crippen molar-refractivity contribution in [3.63, 3.8) is 0 Å². The van der Waals surface area contributed by atoms with Gasteiger partial charge in [-0.05, 0) is 35.9 Å². The van der Waals surface area contributed by atoms with Gasteiger partial charge in [-0.25, -0.2) is 9.37 Å². The van der Waals surface area contributed by atoms with Gasteiger partial charge in [-0.15, -0.1) is 0 Å². The molecule has 1 aromatic carbocycles. The number of amides is 2. The summed E-state index contributed by atoms with van der Waals surface area (Å²) in [6.45, 7) is 0.292. The molecule has 0 fully saturated rings. The second kappa shape index (κ2) is 7.98. The Bertz CT molecular complexity index is 932. The molecule has 0 radical (unpaired) electrons. The van der Waals surface area contributed by atoms with E-state index in [4.69, 9.17) is 0 Å². The number of halogens is 1. The third-order valence-electron chi connectivity index (χ3n) is 3.51. The maximum Gasteiger partial charge on any atom is 0.274 e. The van der Waals surface area contributed by atoms with Gasteiger partial charge in [0, 0.05) is 18.9 Å². The number of nitrogens with zero attached hydrogens (tertiary/aromatic N) is 2. The van der Waals surface area contributed by atoms with Gasteiger partial charge in [0.15, 0.2) is 0 Å². The van der Waals surface area contributed by atoms with Gasteiger partial charge in [-0.3, -0.25) is 14.6 Å². The fourth-order valence-corrected chi connectivity index (χ4v) is 2.21. The summed E-state index contributed by atoms with van der Waals surface area (Å²) < 4.78 is 13.6. The number of anilines is 1. The molecule has 0 saturated heterocycles. The average molecular weight is 350 g/mol. The molecule has 0 unspecified atom stereocenters. The number of nitrogens with one attached hydrogen (secondary N) is 2. The summed E-state index contributed by atoms with van der Waals surface area (Å²) >= 11 is 0. The predicted molar refractivity (Wildman–Crippen MR) is 94.0 cm³/mol. The molecule has 0 aliphatic carbocycles. The fraction of sp³-hybridized carbons (Fsp3) is 0.0526. The van der Waals surface area contributed by atoms with E-state index in [1.165, 1.54) is 30.3 Å². The van der Waals surface area contributed by atoms with Gasteiger partial charge in [-0.1, -0.05) is 24.3 Å². The van der Waals surface area contributed by atoms with E-state index in [0.717, 1.165) is 5.56 Å². The first-order chi connectivity index (χ1) is 12.6. The van der Waals surface area contributed by atoms with Crippen LogP contribution in [-0.2, 0) is 6.54 Å². The largest absolute Gasteiger partial charge is 0.347 e. The van der Waals surface area contributed by atoms with Gasteiger partial charge in [0.05, 0.1) is 5.69 Å². The summed E-state index contributed by atoms with van der Waals surface area (Å²) in [5, 5.41) is 5.14. The topological polar surface area (TPSA) is 84.0 Å². The Balaban J connectivity index is 1.68. The zero-order chi connectivity index (χ0) is 18.4. The molecule has 0 saturated carbocycles. The van der Waals surface area contributed by atoms with Gasteiger partial charge in [0.2, 0.25) is 0 Å². The van der Waals surface area contributed by atoms with E-state index in [1.807, 2.05) is 6.07 Å². The molecule has 2 N–H and O–H groups in total. The molecule has 0 aliphatic rings. The van der Waals surface area contributed by atoms with Crippen LogP contribution < -0.4 is 10.6 Å². The summed E-state index contributed by atoms with van der Waals surface area (Å²) in [5.41, 5.74) is 0.998. The number of aromatic nitrogens is 2. The molecule has 0 spiro atoms. The van der Waals surface area contributed by atoms with E-state index in [0.29, 0.717) is 6.54 Å². The lowest BCUT2D eigenvalue weighted by Gasteiger charge is -2.08. The van der Waals surface area contributed by atoms with Crippen LogP contribution in [0.3, 0.4) is 0 Å². The minimum Gasteiger partial charge on any atom is -0.347 e. The first-order valence-electron chi connectivity index (χ1n) is 7.83. The highest BCUT2D eigenvalue weighted by Gasteiger charge is 2.13. The van der Waals surface area contributed by atoms with Crippen LogP contribution in [-0.4, -0.2) is 21.8 Å². The quantitative estimate of drug-likeness (QED) is 0.741. The van der Waals surface area contributed by atoms with E-state index < -0.39 is 17.6 Å². The van der Waals surface area contributed by atoms with Crippen LogP contribution in [0.25, 0.3) is 0 Å². The monoisotopic (exact) mass is 350 g/mol. The zero-order valence-electron chi connectivity index (χ0n) is 13.6. The molecular formula is C19H15FN4O2. The minimum atomic E-state index is -0.600. The molecule has 0 atom stereocenters. The number of para-hydroxylation sites is 1. The van der Waals surface area contributed by atoms with E-state index in [2.05, 4.69) is 20.6 Å². The fourth-order valence-electron chi connectivity index (χ4n) is 2.21. The molecule has 2 aromatic heterocycles.